The van der Waals surface area contributed by atoms with Gasteiger partial charge in [0.15, 0.2) is 0 Å². The minimum absolute atomic E-state index is 0.368. The van der Waals surface area contributed by atoms with Crippen LogP contribution in [0.3, 0.4) is 0 Å². The van der Waals surface area contributed by atoms with Crippen LogP contribution in [0.25, 0.3) is 5.69 Å². The van der Waals surface area contributed by atoms with Gasteiger partial charge in [-0.05, 0) is 62.4 Å². The zero-order valence-electron chi connectivity index (χ0n) is 17.6. The topological polar surface area (TPSA) is 83.8 Å². The number of rotatable bonds is 6. The number of carbonyl (C=O) groups is 1. The van der Waals surface area contributed by atoms with Gasteiger partial charge in [0.2, 0.25) is 10.0 Å². The van der Waals surface area contributed by atoms with Crippen molar-refractivity contribution in [1.29, 1.82) is 0 Å². The van der Waals surface area contributed by atoms with Crippen LogP contribution in [0.5, 0.6) is 0 Å². The van der Waals surface area contributed by atoms with Crippen molar-refractivity contribution in [3.63, 3.8) is 0 Å². The lowest BCUT2D eigenvalue weighted by atomic mass is 10.2. The predicted octanol–water partition coefficient (Wildman–Crippen LogP) is 3.91. The van der Waals surface area contributed by atoms with Gasteiger partial charge in [0.1, 0.15) is 0 Å². The zero-order valence-corrected chi connectivity index (χ0v) is 19.2. The number of aromatic nitrogens is 1. The normalized spacial score (nSPS) is 11.6. The van der Waals surface area contributed by atoms with Gasteiger partial charge in [-0.3, -0.25) is 9.10 Å². The van der Waals surface area contributed by atoms with Crippen molar-refractivity contribution in [3.8, 4) is 5.69 Å². The van der Waals surface area contributed by atoms with Crippen LogP contribution in [0.1, 0.15) is 27.3 Å². The third-order valence-corrected chi connectivity index (χ3v) is 6.34. The van der Waals surface area contributed by atoms with E-state index in [9.17, 15) is 13.2 Å². The molecule has 0 aliphatic heterocycles. The van der Waals surface area contributed by atoms with Gasteiger partial charge in [0, 0.05) is 40.3 Å². The molecule has 2 aromatic carbocycles. The van der Waals surface area contributed by atoms with Crippen LogP contribution in [-0.2, 0) is 10.0 Å². The van der Waals surface area contributed by atoms with Crippen LogP contribution in [-0.4, -0.2) is 38.4 Å². The van der Waals surface area contributed by atoms with E-state index in [2.05, 4.69) is 15.1 Å². The highest BCUT2D eigenvalue weighted by Gasteiger charge is 2.13. The van der Waals surface area contributed by atoms with Crippen molar-refractivity contribution in [2.75, 3.05) is 17.6 Å². The number of anilines is 1. The van der Waals surface area contributed by atoms with Crippen LogP contribution < -0.4 is 9.73 Å². The molecule has 0 saturated heterocycles. The van der Waals surface area contributed by atoms with Gasteiger partial charge >= 0.3 is 0 Å². The Bertz CT molecular complexity index is 1250. The number of benzene rings is 2. The summed E-state index contributed by atoms with van der Waals surface area (Å²) in [7, 11) is -1.91. The average molecular weight is 459 g/mol. The highest BCUT2D eigenvalue weighted by Crippen LogP contribution is 2.22. The molecule has 0 bridgehead atoms. The molecule has 0 radical (unpaired) electrons. The van der Waals surface area contributed by atoms with Crippen molar-refractivity contribution < 1.29 is 13.2 Å². The number of halogens is 1. The van der Waals surface area contributed by atoms with Crippen LogP contribution in [0, 0.1) is 13.8 Å². The molecule has 0 saturated carbocycles. The number of aryl methyl sites for hydroxylation is 1. The molecule has 7 nitrogen and oxygen atoms in total. The first-order valence-corrected chi connectivity index (χ1v) is 11.6. The Morgan fingerprint density at radius 3 is 2.42 bits per heavy atom. The Morgan fingerprint density at radius 2 is 1.81 bits per heavy atom. The first-order valence-electron chi connectivity index (χ1n) is 9.40. The summed E-state index contributed by atoms with van der Waals surface area (Å²) in [4.78, 5) is 12.4. The Balaban J connectivity index is 1.72. The van der Waals surface area contributed by atoms with Gasteiger partial charge in [-0.2, -0.15) is 5.10 Å². The molecule has 3 rings (SSSR count). The molecule has 0 atom stereocenters. The van der Waals surface area contributed by atoms with Crippen molar-refractivity contribution in [3.05, 3.63) is 82.1 Å². The minimum atomic E-state index is -3.36. The third kappa shape index (κ3) is 5.15. The summed E-state index contributed by atoms with van der Waals surface area (Å²) in [6.07, 6.45) is 2.71. The van der Waals surface area contributed by atoms with Gasteiger partial charge in [0.05, 0.1) is 18.2 Å². The quantitative estimate of drug-likeness (QED) is 0.449. The maximum absolute atomic E-state index is 12.4. The second-order valence-electron chi connectivity index (χ2n) is 7.12. The molecule has 0 aliphatic rings. The lowest BCUT2D eigenvalue weighted by Crippen LogP contribution is -2.25. The SMILES string of the molecule is Cc1cc(/C=N\NC(=O)c2ccc(N(C)S(C)(=O)=O)cc2)c(C)n1-c1cccc(Cl)c1. The number of nitrogens with one attached hydrogen (secondary N) is 1. The van der Waals surface area contributed by atoms with Gasteiger partial charge < -0.3 is 4.57 Å². The molecule has 0 spiro atoms. The summed E-state index contributed by atoms with van der Waals surface area (Å²) in [6.45, 7) is 3.95. The van der Waals surface area contributed by atoms with Crippen molar-refractivity contribution in [1.82, 2.24) is 9.99 Å². The molecule has 3 aromatic rings. The molecular formula is C22H23ClN4O3S. The predicted molar refractivity (Wildman–Crippen MR) is 125 cm³/mol. The fourth-order valence-electron chi connectivity index (χ4n) is 3.17. The largest absolute Gasteiger partial charge is 0.318 e. The molecule has 0 unspecified atom stereocenters. The van der Waals surface area contributed by atoms with E-state index >= 15 is 0 Å². The number of hydrazone groups is 1. The second kappa shape index (κ2) is 8.95. The van der Waals surface area contributed by atoms with Crippen molar-refractivity contribution in [2.24, 2.45) is 5.10 Å². The monoisotopic (exact) mass is 458 g/mol. The number of hydrogen-bond donors (Lipinski definition) is 1. The maximum atomic E-state index is 12.4. The van der Waals surface area contributed by atoms with Gasteiger partial charge in [-0.1, -0.05) is 17.7 Å². The number of carbonyl (C=O) groups excluding carboxylic acids is 1. The lowest BCUT2D eigenvalue weighted by molar-refractivity contribution is 0.0955. The zero-order chi connectivity index (χ0) is 22.8. The summed E-state index contributed by atoms with van der Waals surface area (Å²) < 4.78 is 26.4. The second-order valence-corrected chi connectivity index (χ2v) is 9.57. The van der Waals surface area contributed by atoms with Gasteiger partial charge in [-0.15, -0.1) is 0 Å². The van der Waals surface area contributed by atoms with E-state index in [0.29, 0.717) is 16.3 Å². The first-order chi connectivity index (χ1) is 14.6. The maximum Gasteiger partial charge on any atom is 0.271 e. The molecule has 31 heavy (non-hydrogen) atoms. The third-order valence-electron chi connectivity index (χ3n) is 4.90. The molecule has 1 N–H and O–H groups in total. The summed E-state index contributed by atoms with van der Waals surface area (Å²) in [5, 5.41) is 4.72. The van der Waals surface area contributed by atoms with E-state index in [-0.39, 0.29) is 0 Å². The fourth-order valence-corrected chi connectivity index (χ4v) is 3.86. The summed E-state index contributed by atoms with van der Waals surface area (Å²) in [5.41, 5.74) is 7.12. The van der Waals surface area contributed by atoms with E-state index in [4.69, 9.17) is 11.6 Å². The van der Waals surface area contributed by atoms with Crippen LogP contribution in [0.4, 0.5) is 5.69 Å². The lowest BCUT2D eigenvalue weighted by Gasteiger charge is -2.16. The van der Waals surface area contributed by atoms with Crippen LogP contribution >= 0.6 is 11.6 Å². The standard InChI is InChI=1S/C22H23ClN4O3S/c1-15-12-18(16(2)27(15)21-7-5-6-19(23)13-21)14-24-25-22(28)17-8-10-20(11-9-17)26(3)31(4,29)30/h5-14H,1-4H3,(H,25,28)/b24-14-. The highest BCUT2D eigenvalue weighted by molar-refractivity contribution is 7.92. The van der Waals surface area contributed by atoms with Crippen LogP contribution in [0.15, 0.2) is 59.7 Å². The van der Waals surface area contributed by atoms with Gasteiger partial charge in [0.25, 0.3) is 5.91 Å². The average Bonchev–Trinajstić information content (AvgIpc) is 3.00. The van der Waals surface area contributed by atoms with Crippen molar-refractivity contribution >= 4 is 39.4 Å². The number of amides is 1. The Kier molecular flexibility index (Phi) is 6.52. The van der Waals surface area contributed by atoms with Crippen molar-refractivity contribution in [2.45, 2.75) is 13.8 Å². The van der Waals surface area contributed by atoms with E-state index in [1.165, 1.54) is 7.05 Å². The van der Waals surface area contributed by atoms with E-state index < -0.39 is 15.9 Å². The molecule has 1 aromatic heterocycles. The number of sulfonamides is 1. The number of hydrogen-bond acceptors (Lipinski definition) is 4. The first kappa shape index (κ1) is 22.6. The summed E-state index contributed by atoms with van der Waals surface area (Å²) >= 11 is 6.11. The number of nitrogens with zero attached hydrogens (tertiary/aromatic N) is 3. The van der Waals surface area contributed by atoms with Crippen LogP contribution in [0.2, 0.25) is 5.02 Å². The summed E-state index contributed by atoms with van der Waals surface area (Å²) in [6, 6.07) is 15.8. The highest BCUT2D eigenvalue weighted by atomic mass is 35.5. The molecule has 162 valence electrons. The molecule has 0 aliphatic carbocycles. The molecule has 1 heterocycles. The molecule has 1 amide bonds. The smallest absolute Gasteiger partial charge is 0.271 e. The van der Waals surface area contributed by atoms with E-state index in [0.717, 1.165) is 33.2 Å². The Labute approximate surface area is 187 Å². The minimum Gasteiger partial charge on any atom is -0.318 e. The summed E-state index contributed by atoms with van der Waals surface area (Å²) in [5.74, 6) is -0.395. The fraction of sp³-hybridized carbons (Fsp3) is 0.182. The Hall–Kier alpha value is -3.10. The van der Waals surface area contributed by atoms with E-state index in [1.807, 2.05) is 44.2 Å². The molecular weight excluding hydrogens is 436 g/mol. The molecule has 9 heteroatoms. The van der Waals surface area contributed by atoms with E-state index in [1.54, 1.807) is 30.5 Å². The van der Waals surface area contributed by atoms with Gasteiger partial charge in [-0.25, -0.2) is 13.8 Å². The Morgan fingerprint density at radius 1 is 1.13 bits per heavy atom. The molecule has 0 fully saturated rings.